The number of hydrogen-bond acceptors (Lipinski definition) is 5. The van der Waals surface area contributed by atoms with Gasteiger partial charge in [-0.15, -0.1) is 0 Å². The van der Waals surface area contributed by atoms with Crippen molar-refractivity contribution < 1.29 is 4.39 Å². The van der Waals surface area contributed by atoms with Crippen molar-refractivity contribution >= 4 is 5.95 Å². The number of likely N-dealkylation sites (tertiary alicyclic amines) is 1. The average Bonchev–Trinajstić information content (AvgIpc) is 3.13. The van der Waals surface area contributed by atoms with Crippen molar-refractivity contribution in [2.24, 2.45) is 7.05 Å². The maximum absolute atomic E-state index is 14.5. The monoisotopic (exact) mass is 394 g/mol. The van der Waals surface area contributed by atoms with E-state index in [1.165, 1.54) is 11.6 Å². The fourth-order valence-electron chi connectivity index (χ4n) is 3.98. The summed E-state index contributed by atoms with van der Waals surface area (Å²) in [6, 6.07) is 6.88. The van der Waals surface area contributed by atoms with Gasteiger partial charge in [-0.1, -0.05) is 18.2 Å². The first-order valence-corrected chi connectivity index (χ1v) is 10.0. The third-order valence-electron chi connectivity index (χ3n) is 5.51. The molecule has 0 saturated carbocycles. The van der Waals surface area contributed by atoms with E-state index in [4.69, 9.17) is 4.98 Å². The molecule has 29 heavy (non-hydrogen) atoms. The lowest BCUT2D eigenvalue weighted by Gasteiger charge is -2.32. The average molecular weight is 394 g/mol. The minimum atomic E-state index is -0.232. The zero-order valence-corrected chi connectivity index (χ0v) is 17.2. The van der Waals surface area contributed by atoms with Gasteiger partial charge >= 0.3 is 0 Å². The summed E-state index contributed by atoms with van der Waals surface area (Å²) in [5, 5.41) is 4.26. The Morgan fingerprint density at radius 1 is 1.10 bits per heavy atom. The van der Waals surface area contributed by atoms with Crippen molar-refractivity contribution in [3.8, 4) is 11.1 Å². The summed E-state index contributed by atoms with van der Waals surface area (Å²) in [7, 11) is 5.80. The Morgan fingerprint density at radius 2 is 1.86 bits per heavy atom. The van der Waals surface area contributed by atoms with Crippen molar-refractivity contribution in [1.29, 1.82) is 0 Å². The molecular formula is C22H27FN6. The van der Waals surface area contributed by atoms with Gasteiger partial charge in [-0.05, 0) is 32.0 Å². The summed E-state index contributed by atoms with van der Waals surface area (Å²) >= 11 is 0. The fraction of sp³-hybridized carbons (Fsp3) is 0.409. The van der Waals surface area contributed by atoms with Crippen LogP contribution in [0.25, 0.3) is 11.1 Å². The maximum atomic E-state index is 14.5. The van der Waals surface area contributed by atoms with E-state index in [0.29, 0.717) is 11.5 Å². The van der Waals surface area contributed by atoms with Crippen LogP contribution in [0.4, 0.5) is 10.3 Å². The van der Waals surface area contributed by atoms with E-state index in [1.807, 2.05) is 49.1 Å². The molecule has 7 heteroatoms. The molecule has 0 spiro atoms. The molecule has 1 aromatic carbocycles. The molecule has 3 aromatic rings. The largest absolute Gasteiger partial charge is 0.347 e. The van der Waals surface area contributed by atoms with Crippen LogP contribution >= 0.6 is 0 Å². The molecule has 1 aliphatic rings. The molecule has 0 aliphatic carbocycles. The van der Waals surface area contributed by atoms with Crippen molar-refractivity contribution in [2.45, 2.75) is 25.3 Å². The van der Waals surface area contributed by atoms with Gasteiger partial charge in [0.25, 0.3) is 0 Å². The van der Waals surface area contributed by atoms with Gasteiger partial charge in [-0.3, -0.25) is 9.58 Å². The second-order valence-corrected chi connectivity index (χ2v) is 7.92. The molecule has 1 saturated heterocycles. The summed E-state index contributed by atoms with van der Waals surface area (Å²) in [6.45, 7) is 2.88. The number of hydrogen-bond donors (Lipinski definition) is 0. The first-order chi connectivity index (χ1) is 14.0. The van der Waals surface area contributed by atoms with Crippen molar-refractivity contribution in [2.75, 3.05) is 32.1 Å². The lowest BCUT2D eigenvalue weighted by Crippen LogP contribution is -2.33. The van der Waals surface area contributed by atoms with Gasteiger partial charge in [0.1, 0.15) is 5.82 Å². The summed E-state index contributed by atoms with van der Waals surface area (Å²) in [5.74, 6) is 0.721. The summed E-state index contributed by atoms with van der Waals surface area (Å²) in [4.78, 5) is 13.6. The molecule has 4 rings (SSSR count). The number of nitrogens with zero attached hydrogens (tertiary/aromatic N) is 6. The van der Waals surface area contributed by atoms with Crippen molar-refractivity contribution in [1.82, 2.24) is 24.6 Å². The topological polar surface area (TPSA) is 50.1 Å². The lowest BCUT2D eigenvalue weighted by molar-refractivity contribution is 0.203. The van der Waals surface area contributed by atoms with Gasteiger partial charge in [0.05, 0.1) is 11.9 Å². The first kappa shape index (κ1) is 19.5. The fourth-order valence-corrected chi connectivity index (χ4v) is 3.98. The molecule has 0 bridgehead atoms. The first-order valence-electron chi connectivity index (χ1n) is 10.0. The zero-order chi connectivity index (χ0) is 20.4. The Kier molecular flexibility index (Phi) is 5.58. The van der Waals surface area contributed by atoms with Crippen molar-refractivity contribution in [3.05, 3.63) is 59.9 Å². The second-order valence-electron chi connectivity index (χ2n) is 7.92. The minimum Gasteiger partial charge on any atom is -0.347 e. The number of aromatic nitrogens is 4. The molecule has 1 aliphatic heterocycles. The van der Waals surface area contributed by atoms with E-state index in [2.05, 4.69) is 21.2 Å². The number of aryl methyl sites for hydroxylation is 1. The van der Waals surface area contributed by atoms with E-state index in [0.717, 1.165) is 43.7 Å². The normalized spacial score (nSPS) is 15.6. The second kappa shape index (κ2) is 8.29. The molecule has 6 nitrogen and oxygen atoms in total. The highest BCUT2D eigenvalue weighted by molar-refractivity contribution is 5.67. The summed E-state index contributed by atoms with van der Waals surface area (Å²) in [6.07, 6.45) is 7.75. The quantitative estimate of drug-likeness (QED) is 0.663. The van der Waals surface area contributed by atoms with Crippen LogP contribution in [0.3, 0.4) is 0 Å². The Bertz CT molecular complexity index is 975. The van der Waals surface area contributed by atoms with Crippen LogP contribution in [0, 0.1) is 5.82 Å². The number of anilines is 1. The molecule has 2 aromatic heterocycles. The van der Waals surface area contributed by atoms with Crippen LogP contribution in [-0.2, 0) is 13.6 Å². The molecule has 152 valence electrons. The number of rotatable bonds is 5. The van der Waals surface area contributed by atoms with E-state index in [1.54, 1.807) is 12.3 Å². The molecule has 3 heterocycles. The number of benzene rings is 1. The Hall–Kier alpha value is -2.80. The minimum absolute atomic E-state index is 0.232. The Balaban J connectivity index is 1.57. The van der Waals surface area contributed by atoms with Gasteiger partial charge in [0.2, 0.25) is 5.95 Å². The Labute approximate surface area is 171 Å². The van der Waals surface area contributed by atoms with Crippen LogP contribution in [0.2, 0.25) is 0 Å². The van der Waals surface area contributed by atoms with Gasteiger partial charge in [0, 0.05) is 62.7 Å². The SMILES string of the molecule is CN(C)c1ncc(-c2ccccc2F)c(C2CCN(Cc3cnn(C)c3)CC2)n1. The van der Waals surface area contributed by atoms with Gasteiger partial charge in [-0.25, -0.2) is 14.4 Å². The summed E-state index contributed by atoms with van der Waals surface area (Å²) in [5.41, 5.74) is 3.56. The van der Waals surface area contributed by atoms with Gasteiger partial charge in [0.15, 0.2) is 0 Å². The van der Waals surface area contributed by atoms with E-state index in [-0.39, 0.29) is 11.7 Å². The molecule has 0 unspecified atom stereocenters. The van der Waals surface area contributed by atoms with Crippen LogP contribution in [0.15, 0.2) is 42.9 Å². The lowest BCUT2D eigenvalue weighted by atomic mass is 9.88. The van der Waals surface area contributed by atoms with Crippen LogP contribution < -0.4 is 4.90 Å². The van der Waals surface area contributed by atoms with Crippen LogP contribution in [0.1, 0.15) is 30.0 Å². The Morgan fingerprint density at radius 3 is 2.52 bits per heavy atom. The molecule has 1 fully saturated rings. The third-order valence-corrected chi connectivity index (χ3v) is 5.51. The van der Waals surface area contributed by atoms with Crippen LogP contribution in [0.5, 0.6) is 0 Å². The molecule has 0 atom stereocenters. The predicted molar refractivity (Wildman–Crippen MR) is 112 cm³/mol. The standard InChI is InChI=1S/C22H27FN6/c1-27(2)22-24-13-19(18-6-4-5-7-20(18)23)21(26-22)17-8-10-29(11-9-17)15-16-12-25-28(3)14-16/h4-7,12-14,17H,8-11,15H2,1-3H3. The molecule has 0 radical (unpaired) electrons. The highest BCUT2D eigenvalue weighted by Gasteiger charge is 2.26. The number of halogens is 1. The van der Waals surface area contributed by atoms with E-state index < -0.39 is 0 Å². The number of piperidine rings is 1. The van der Waals surface area contributed by atoms with E-state index >= 15 is 0 Å². The van der Waals surface area contributed by atoms with E-state index in [9.17, 15) is 4.39 Å². The zero-order valence-electron chi connectivity index (χ0n) is 17.2. The van der Waals surface area contributed by atoms with Gasteiger partial charge in [-0.2, -0.15) is 5.10 Å². The molecular weight excluding hydrogens is 367 g/mol. The van der Waals surface area contributed by atoms with Gasteiger partial charge < -0.3 is 4.90 Å². The summed E-state index contributed by atoms with van der Waals surface area (Å²) < 4.78 is 16.3. The third kappa shape index (κ3) is 4.29. The maximum Gasteiger partial charge on any atom is 0.225 e. The highest BCUT2D eigenvalue weighted by Crippen LogP contribution is 2.35. The van der Waals surface area contributed by atoms with Crippen LogP contribution in [-0.4, -0.2) is 51.8 Å². The molecule has 0 amide bonds. The predicted octanol–water partition coefficient (Wildman–Crippen LogP) is 3.46. The highest BCUT2D eigenvalue weighted by atomic mass is 19.1. The van der Waals surface area contributed by atoms with Crippen molar-refractivity contribution in [3.63, 3.8) is 0 Å². The molecule has 0 N–H and O–H groups in total. The smallest absolute Gasteiger partial charge is 0.225 e.